The Kier molecular flexibility index (Phi) is 7.89. The topological polar surface area (TPSA) is 63.9 Å². The van der Waals surface area contributed by atoms with E-state index in [9.17, 15) is 0 Å². The molecule has 1 aliphatic heterocycles. The summed E-state index contributed by atoms with van der Waals surface area (Å²) in [4.78, 5) is 6.71. The van der Waals surface area contributed by atoms with E-state index in [1.165, 1.54) is 0 Å². The molecule has 130 valence electrons. The number of ether oxygens (including phenoxy) is 2. The van der Waals surface area contributed by atoms with Crippen LogP contribution in [-0.4, -0.2) is 74.3 Å². The van der Waals surface area contributed by atoms with Gasteiger partial charge in [-0.3, -0.25) is 9.67 Å². The van der Waals surface area contributed by atoms with Gasteiger partial charge < -0.3 is 19.7 Å². The average molecular weight is 323 g/mol. The summed E-state index contributed by atoms with van der Waals surface area (Å²) in [5.41, 5.74) is 0. The van der Waals surface area contributed by atoms with Gasteiger partial charge in [-0.2, -0.15) is 5.10 Å². The van der Waals surface area contributed by atoms with Gasteiger partial charge in [0.15, 0.2) is 5.96 Å². The van der Waals surface area contributed by atoms with E-state index in [0.29, 0.717) is 19.1 Å². The Hall–Kier alpha value is -1.60. The van der Waals surface area contributed by atoms with E-state index >= 15 is 0 Å². The minimum Gasteiger partial charge on any atom is -0.382 e. The smallest absolute Gasteiger partial charge is 0.193 e. The molecule has 7 nitrogen and oxygen atoms in total. The highest BCUT2D eigenvalue weighted by atomic mass is 16.5. The van der Waals surface area contributed by atoms with E-state index in [2.05, 4.69) is 20.3 Å². The van der Waals surface area contributed by atoms with Crippen molar-refractivity contribution >= 4 is 5.96 Å². The lowest BCUT2D eigenvalue weighted by molar-refractivity contribution is 0.0536. The van der Waals surface area contributed by atoms with Crippen LogP contribution < -0.4 is 5.32 Å². The predicted octanol–water partition coefficient (Wildman–Crippen LogP) is 0.833. The summed E-state index contributed by atoms with van der Waals surface area (Å²) < 4.78 is 12.6. The van der Waals surface area contributed by atoms with E-state index in [1.54, 1.807) is 7.11 Å². The first-order chi connectivity index (χ1) is 11.3. The summed E-state index contributed by atoms with van der Waals surface area (Å²) in [7, 11) is 3.54. The third kappa shape index (κ3) is 6.19. The maximum atomic E-state index is 5.64. The summed E-state index contributed by atoms with van der Waals surface area (Å²) in [5.74, 6) is 1.57. The van der Waals surface area contributed by atoms with Gasteiger partial charge in [0.2, 0.25) is 0 Å². The van der Waals surface area contributed by atoms with Crippen molar-refractivity contribution in [2.24, 2.45) is 10.9 Å². The number of likely N-dealkylation sites (tertiary alicyclic amines) is 1. The van der Waals surface area contributed by atoms with Crippen LogP contribution >= 0.6 is 0 Å². The highest BCUT2D eigenvalue weighted by Crippen LogP contribution is 2.16. The van der Waals surface area contributed by atoms with Gasteiger partial charge in [0.25, 0.3) is 0 Å². The van der Waals surface area contributed by atoms with Gasteiger partial charge in [-0.25, -0.2) is 0 Å². The van der Waals surface area contributed by atoms with Crippen molar-refractivity contribution in [1.29, 1.82) is 0 Å². The van der Waals surface area contributed by atoms with E-state index in [1.807, 2.05) is 30.2 Å². The molecule has 0 spiro atoms. The number of guanidine groups is 1. The largest absolute Gasteiger partial charge is 0.382 e. The molecule has 1 saturated heterocycles. The first-order valence-electron chi connectivity index (χ1n) is 8.33. The van der Waals surface area contributed by atoms with Gasteiger partial charge in [-0.1, -0.05) is 0 Å². The number of aromatic nitrogens is 2. The second kappa shape index (κ2) is 10.2. The maximum absolute atomic E-state index is 5.64. The van der Waals surface area contributed by atoms with Crippen LogP contribution in [0.5, 0.6) is 0 Å². The van der Waals surface area contributed by atoms with Crippen LogP contribution in [0.3, 0.4) is 0 Å². The molecule has 1 fully saturated rings. The van der Waals surface area contributed by atoms with E-state index in [4.69, 9.17) is 9.47 Å². The molecule has 0 aromatic carbocycles. The summed E-state index contributed by atoms with van der Waals surface area (Å²) in [6.07, 6.45) is 5.98. The second-order valence-electron chi connectivity index (χ2n) is 5.77. The van der Waals surface area contributed by atoms with Gasteiger partial charge in [-0.05, 0) is 18.9 Å². The van der Waals surface area contributed by atoms with Gasteiger partial charge >= 0.3 is 0 Å². The average Bonchev–Trinajstić information content (AvgIpc) is 3.23. The molecule has 1 aromatic heterocycles. The zero-order valence-electron chi connectivity index (χ0n) is 14.3. The van der Waals surface area contributed by atoms with E-state index < -0.39 is 0 Å². The van der Waals surface area contributed by atoms with Gasteiger partial charge in [-0.15, -0.1) is 0 Å². The number of hydrogen-bond acceptors (Lipinski definition) is 4. The summed E-state index contributed by atoms with van der Waals surface area (Å²) in [6.45, 7) is 6.01. The Labute approximate surface area is 138 Å². The van der Waals surface area contributed by atoms with Gasteiger partial charge in [0, 0.05) is 58.6 Å². The van der Waals surface area contributed by atoms with Gasteiger partial charge in [0.1, 0.15) is 0 Å². The Balaban J connectivity index is 1.62. The quantitative estimate of drug-likeness (QED) is 0.414. The van der Waals surface area contributed by atoms with Crippen molar-refractivity contribution < 1.29 is 9.47 Å². The molecule has 1 unspecified atom stereocenters. The number of nitrogens with zero attached hydrogens (tertiary/aromatic N) is 4. The fraction of sp³-hybridized carbons (Fsp3) is 0.750. The molecule has 7 heteroatoms. The highest BCUT2D eigenvalue weighted by molar-refractivity contribution is 5.80. The van der Waals surface area contributed by atoms with Crippen molar-refractivity contribution in [2.45, 2.75) is 19.4 Å². The molecule has 1 atom stereocenters. The fourth-order valence-electron chi connectivity index (χ4n) is 2.76. The number of rotatable bonds is 9. The molecule has 0 bridgehead atoms. The van der Waals surface area contributed by atoms with Gasteiger partial charge in [0.05, 0.1) is 19.8 Å². The van der Waals surface area contributed by atoms with Crippen molar-refractivity contribution in [3.8, 4) is 0 Å². The Morgan fingerprint density at radius 1 is 1.43 bits per heavy atom. The van der Waals surface area contributed by atoms with Crippen LogP contribution in [0, 0.1) is 5.92 Å². The molecule has 0 amide bonds. The molecule has 2 rings (SSSR count). The van der Waals surface area contributed by atoms with Crippen molar-refractivity contribution in [2.75, 3.05) is 53.6 Å². The molecule has 1 aromatic rings. The standard InChI is InChI=1S/C16H29N5O2/c1-17-16(18-6-3-8-21-9-4-7-19-21)20-10-5-15(13-20)14-23-12-11-22-2/h4,7,9,15H,3,5-6,8,10-14H2,1-2H3,(H,17,18). The maximum Gasteiger partial charge on any atom is 0.193 e. The molecular weight excluding hydrogens is 294 g/mol. The van der Waals surface area contributed by atoms with Crippen molar-refractivity contribution in [3.05, 3.63) is 18.5 Å². The third-order valence-electron chi connectivity index (χ3n) is 3.99. The molecule has 0 saturated carbocycles. The molecule has 2 heterocycles. The number of methoxy groups -OCH3 is 1. The lowest BCUT2D eigenvalue weighted by atomic mass is 10.1. The molecular formula is C16H29N5O2. The number of aliphatic imine (C=N–C) groups is 1. The van der Waals surface area contributed by atoms with Crippen molar-refractivity contribution in [3.63, 3.8) is 0 Å². The first kappa shape index (κ1) is 17.7. The van der Waals surface area contributed by atoms with Crippen LogP contribution in [0.1, 0.15) is 12.8 Å². The Bertz CT molecular complexity index is 449. The molecule has 0 aliphatic carbocycles. The fourth-order valence-corrected chi connectivity index (χ4v) is 2.76. The number of aryl methyl sites for hydroxylation is 1. The normalized spacial score (nSPS) is 18.6. The molecule has 23 heavy (non-hydrogen) atoms. The summed E-state index contributed by atoms with van der Waals surface area (Å²) in [6, 6.07) is 1.95. The summed E-state index contributed by atoms with van der Waals surface area (Å²) >= 11 is 0. The Morgan fingerprint density at radius 2 is 2.35 bits per heavy atom. The third-order valence-corrected chi connectivity index (χ3v) is 3.99. The zero-order valence-corrected chi connectivity index (χ0v) is 14.3. The first-order valence-corrected chi connectivity index (χ1v) is 8.33. The minimum atomic E-state index is 0.578. The lowest BCUT2D eigenvalue weighted by Gasteiger charge is -2.21. The highest BCUT2D eigenvalue weighted by Gasteiger charge is 2.24. The van der Waals surface area contributed by atoms with Crippen LogP contribution in [0.25, 0.3) is 0 Å². The van der Waals surface area contributed by atoms with Crippen LogP contribution in [0.15, 0.2) is 23.5 Å². The molecule has 1 aliphatic rings. The number of hydrogen-bond donors (Lipinski definition) is 1. The van der Waals surface area contributed by atoms with Crippen LogP contribution in [-0.2, 0) is 16.0 Å². The molecule has 0 radical (unpaired) electrons. The predicted molar refractivity (Wildman–Crippen MR) is 90.6 cm³/mol. The SMILES string of the molecule is CN=C(NCCCn1cccn1)N1CCC(COCCOC)C1. The lowest BCUT2D eigenvalue weighted by Crippen LogP contribution is -2.40. The molecule has 1 N–H and O–H groups in total. The summed E-state index contributed by atoms with van der Waals surface area (Å²) in [5, 5.41) is 7.65. The second-order valence-corrected chi connectivity index (χ2v) is 5.77. The Morgan fingerprint density at radius 3 is 3.09 bits per heavy atom. The van der Waals surface area contributed by atoms with E-state index in [0.717, 1.165) is 51.6 Å². The van der Waals surface area contributed by atoms with Crippen molar-refractivity contribution in [1.82, 2.24) is 20.0 Å². The van der Waals surface area contributed by atoms with Crippen LogP contribution in [0.2, 0.25) is 0 Å². The number of nitrogens with one attached hydrogen (secondary N) is 1. The minimum absolute atomic E-state index is 0.578. The zero-order chi connectivity index (χ0) is 16.3. The monoisotopic (exact) mass is 323 g/mol. The van der Waals surface area contributed by atoms with E-state index in [-0.39, 0.29) is 0 Å². The van der Waals surface area contributed by atoms with Crippen LogP contribution in [0.4, 0.5) is 0 Å².